The summed E-state index contributed by atoms with van der Waals surface area (Å²) in [5.74, 6) is 1.23. The summed E-state index contributed by atoms with van der Waals surface area (Å²) in [7, 11) is 1.63. The van der Waals surface area contributed by atoms with E-state index in [9.17, 15) is 5.11 Å². The number of rotatable bonds is 4. The summed E-state index contributed by atoms with van der Waals surface area (Å²) >= 11 is 0. The fraction of sp³-hybridized carbons (Fsp3) is 0.467. The van der Waals surface area contributed by atoms with Crippen molar-refractivity contribution in [2.24, 2.45) is 5.41 Å². The molecule has 1 heterocycles. The van der Waals surface area contributed by atoms with E-state index in [2.05, 4.69) is 30.9 Å². The number of nitrogens with zero attached hydrogens (tertiary/aromatic N) is 2. The van der Waals surface area contributed by atoms with Gasteiger partial charge in [0.05, 0.1) is 6.42 Å². The average molecular weight is 276 g/mol. The summed E-state index contributed by atoms with van der Waals surface area (Å²) in [5, 5.41) is 13.7. The number of aromatic nitrogens is 2. The first-order chi connectivity index (χ1) is 9.41. The number of phenols is 1. The molecular weight excluding hydrogens is 256 g/mol. The molecule has 0 saturated carbocycles. The Morgan fingerprint density at radius 3 is 2.60 bits per heavy atom. The molecule has 0 amide bonds. The molecule has 20 heavy (non-hydrogen) atoms. The van der Waals surface area contributed by atoms with Gasteiger partial charge in [-0.05, 0) is 11.5 Å². The number of phenolic OH excluding ortho intramolecular Hbond substituents is 1. The molecule has 1 atom stereocenters. The van der Waals surface area contributed by atoms with Crippen LogP contribution in [0.3, 0.4) is 0 Å². The Balaban J connectivity index is 2.19. The monoisotopic (exact) mass is 276 g/mol. The zero-order chi connectivity index (χ0) is 14.8. The van der Waals surface area contributed by atoms with E-state index >= 15 is 0 Å². The van der Waals surface area contributed by atoms with Crippen LogP contribution in [0, 0.1) is 5.41 Å². The average Bonchev–Trinajstić information content (AvgIpc) is 2.79. The largest absolute Gasteiger partial charge is 0.508 e. The first kappa shape index (κ1) is 14.5. The number of methoxy groups -OCH3 is 1. The molecule has 2 rings (SSSR count). The van der Waals surface area contributed by atoms with Crippen LogP contribution in [0.15, 0.2) is 28.8 Å². The number of aromatic hydroxyl groups is 1. The summed E-state index contributed by atoms with van der Waals surface area (Å²) in [5.41, 5.74) is 0.637. The zero-order valence-corrected chi connectivity index (χ0v) is 12.3. The van der Waals surface area contributed by atoms with E-state index in [1.807, 2.05) is 12.1 Å². The molecule has 1 aromatic carbocycles. The van der Waals surface area contributed by atoms with E-state index in [1.165, 1.54) is 0 Å². The van der Waals surface area contributed by atoms with Crippen molar-refractivity contribution < 1.29 is 14.4 Å². The Hall–Kier alpha value is -1.88. The summed E-state index contributed by atoms with van der Waals surface area (Å²) in [6.07, 6.45) is 0.171. The maximum Gasteiger partial charge on any atom is 0.231 e. The highest BCUT2D eigenvalue weighted by Crippen LogP contribution is 2.34. The number of ether oxygens (including phenoxy) is 1. The molecule has 0 radical (unpaired) electrons. The minimum atomic E-state index is -0.232. The van der Waals surface area contributed by atoms with Gasteiger partial charge >= 0.3 is 0 Å². The number of para-hydroxylation sites is 1. The highest BCUT2D eigenvalue weighted by Gasteiger charge is 2.30. The van der Waals surface area contributed by atoms with Gasteiger partial charge in [0.2, 0.25) is 11.7 Å². The van der Waals surface area contributed by atoms with Crippen LogP contribution < -0.4 is 0 Å². The lowest BCUT2D eigenvalue weighted by Crippen LogP contribution is -2.21. The van der Waals surface area contributed by atoms with Crippen LogP contribution in [-0.4, -0.2) is 22.4 Å². The maximum atomic E-state index is 9.75. The molecule has 1 aromatic heterocycles. The summed E-state index contributed by atoms with van der Waals surface area (Å²) in [6, 6.07) is 7.11. The number of hydrogen-bond acceptors (Lipinski definition) is 5. The van der Waals surface area contributed by atoms with Crippen LogP contribution in [-0.2, 0) is 11.2 Å². The van der Waals surface area contributed by atoms with E-state index in [0.29, 0.717) is 18.1 Å². The third kappa shape index (κ3) is 3.17. The Morgan fingerprint density at radius 2 is 2.00 bits per heavy atom. The predicted octanol–water partition coefficient (Wildman–Crippen LogP) is 3.10. The van der Waals surface area contributed by atoms with Crippen molar-refractivity contribution in [1.82, 2.24) is 10.1 Å². The van der Waals surface area contributed by atoms with Crippen LogP contribution in [0.5, 0.6) is 5.75 Å². The molecule has 1 N–H and O–H groups in total. The van der Waals surface area contributed by atoms with Gasteiger partial charge in [-0.1, -0.05) is 44.1 Å². The van der Waals surface area contributed by atoms with Crippen molar-refractivity contribution in [3.05, 3.63) is 41.5 Å². The van der Waals surface area contributed by atoms with Crippen molar-refractivity contribution in [2.75, 3.05) is 7.11 Å². The third-order valence-corrected chi connectivity index (χ3v) is 3.07. The van der Waals surface area contributed by atoms with Crippen molar-refractivity contribution >= 4 is 0 Å². The van der Waals surface area contributed by atoms with E-state index in [1.54, 1.807) is 19.2 Å². The number of benzene rings is 1. The SMILES string of the molecule is COC(c1noc(Cc2ccccc2O)n1)C(C)(C)C. The minimum absolute atomic E-state index is 0.120. The summed E-state index contributed by atoms with van der Waals surface area (Å²) in [6.45, 7) is 6.17. The molecule has 108 valence electrons. The van der Waals surface area contributed by atoms with E-state index in [4.69, 9.17) is 9.26 Å². The van der Waals surface area contributed by atoms with E-state index in [-0.39, 0.29) is 17.3 Å². The molecule has 5 heteroatoms. The second-order valence-electron chi connectivity index (χ2n) is 5.83. The van der Waals surface area contributed by atoms with Crippen LogP contribution in [0.1, 0.15) is 44.2 Å². The van der Waals surface area contributed by atoms with Crippen molar-refractivity contribution in [2.45, 2.75) is 33.3 Å². The molecule has 0 aliphatic heterocycles. The molecule has 0 fully saturated rings. The highest BCUT2D eigenvalue weighted by molar-refractivity contribution is 5.33. The quantitative estimate of drug-likeness (QED) is 0.929. The standard InChI is InChI=1S/C15H20N2O3/c1-15(2,3)13(19-4)14-16-12(20-17-14)9-10-7-5-6-8-11(10)18/h5-8,13,18H,9H2,1-4H3. The van der Waals surface area contributed by atoms with Crippen molar-refractivity contribution in [3.8, 4) is 5.75 Å². The third-order valence-electron chi connectivity index (χ3n) is 3.07. The topological polar surface area (TPSA) is 68.4 Å². The van der Waals surface area contributed by atoms with Gasteiger partial charge in [-0.3, -0.25) is 0 Å². The van der Waals surface area contributed by atoms with Gasteiger partial charge in [-0.2, -0.15) is 4.98 Å². The fourth-order valence-corrected chi connectivity index (χ4v) is 2.12. The summed E-state index contributed by atoms with van der Waals surface area (Å²) < 4.78 is 10.7. The minimum Gasteiger partial charge on any atom is -0.508 e. The van der Waals surface area contributed by atoms with E-state index in [0.717, 1.165) is 5.56 Å². The smallest absolute Gasteiger partial charge is 0.231 e. The molecule has 0 spiro atoms. The van der Waals surface area contributed by atoms with Gasteiger partial charge in [0.25, 0.3) is 0 Å². The lowest BCUT2D eigenvalue weighted by molar-refractivity contribution is 0.00718. The van der Waals surface area contributed by atoms with Crippen molar-refractivity contribution in [3.63, 3.8) is 0 Å². The Kier molecular flexibility index (Phi) is 4.09. The highest BCUT2D eigenvalue weighted by atomic mass is 16.5. The fourth-order valence-electron chi connectivity index (χ4n) is 2.12. The molecule has 0 bridgehead atoms. The molecule has 1 unspecified atom stereocenters. The molecule has 0 aliphatic rings. The zero-order valence-electron chi connectivity index (χ0n) is 12.3. The van der Waals surface area contributed by atoms with Crippen LogP contribution >= 0.6 is 0 Å². The van der Waals surface area contributed by atoms with E-state index < -0.39 is 0 Å². The van der Waals surface area contributed by atoms with Gasteiger partial charge in [0, 0.05) is 12.7 Å². The van der Waals surface area contributed by atoms with Gasteiger partial charge in [-0.15, -0.1) is 0 Å². The second kappa shape index (κ2) is 5.63. The van der Waals surface area contributed by atoms with Crippen molar-refractivity contribution in [1.29, 1.82) is 0 Å². The first-order valence-corrected chi connectivity index (χ1v) is 6.54. The molecule has 0 saturated heterocycles. The normalized spacial score (nSPS) is 13.4. The summed E-state index contributed by atoms with van der Waals surface area (Å²) in [4.78, 5) is 4.37. The second-order valence-corrected chi connectivity index (χ2v) is 5.83. The Labute approximate surface area is 118 Å². The van der Waals surface area contributed by atoms with Gasteiger partial charge in [0.1, 0.15) is 11.9 Å². The van der Waals surface area contributed by atoms with Gasteiger partial charge in [0.15, 0.2) is 0 Å². The van der Waals surface area contributed by atoms with Crippen LogP contribution in [0.2, 0.25) is 0 Å². The molecule has 0 aliphatic carbocycles. The molecule has 5 nitrogen and oxygen atoms in total. The van der Waals surface area contributed by atoms with Crippen LogP contribution in [0.25, 0.3) is 0 Å². The Morgan fingerprint density at radius 1 is 1.30 bits per heavy atom. The van der Waals surface area contributed by atoms with Gasteiger partial charge in [-0.25, -0.2) is 0 Å². The van der Waals surface area contributed by atoms with Gasteiger partial charge < -0.3 is 14.4 Å². The maximum absolute atomic E-state index is 9.75. The molecular formula is C15H20N2O3. The predicted molar refractivity (Wildman–Crippen MR) is 74.4 cm³/mol. The number of hydrogen-bond donors (Lipinski definition) is 1. The van der Waals surface area contributed by atoms with Crippen LogP contribution in [0.4, 0.5) is 0 Å². The lowest BCUT2D eigenvalue weighted by atomic mass is 9.88. The Bertz CT molecular complexity index is 572. The first-order valence-electron chi connectivity index (χ1n) is 6.54. The molecule has 2 aromatic rings. The lowest BCUT2D eigenvalue weighted by Gasteiger charge is -2.26.